The number of hydrogen-bond acceptors (Lipinski definition) is 8. The van der Waals surface area contributed by atoms with Crippen molar-refractivity contribution in [3.05, 3.63) is 64.9 Å². The zero-order valence-corrected chi connectivity index (χ0v) is 26.7. The summed E-state index contributed by atoms with van der Waals surface area (Å²) in [5, 5.41) is 12.8. The van der Waals surface area contributed by atoms with Crippen molar-refractivity contribution in [3.63, 3.8) is 0 Å². The van der Waals surface area contributed by atoms with Gasteiger partial charge in [-0.2, -0.15) is 9.40 Å². The van der Waals surface area contributed by atoms with Crippen LogP contribution < -0.4 is 15.5 Å². The van der Waals surface area contributed by atoms with Crippen LogP contribution in [0.1, 0.15) is 48.3 Å². The number of H-pyrrole nitrogens is 1. The molecule has 12 nitrogen and oxygen atoms in total. The fraction of sp³-hybridized carbons (Fsp3) is 0.452. The lowest BCUT2D eigenvalue weighted by Crippen LogP contribution is -2.44. The first-order chi connectivity index (χ1) is 21.8. The average Bonchev–Trinajstić information content (AvgIpc) is 3.55. The lowest BCUT2D eigenvalue weighted by atomic mass is 10.0. The van der Waals surface area contributed by atoms with Crippen molar-refractivity contribution in [1.29, 1.82) is 0 Å². The maximum Gasteiger partial charge on any atom is 0.258 e. The Morgan fingerprint density at radius 2 is 1.76 bits per heavy atom. The number of piperazine rings is 1. The summed E-state index contributed by atoms with van der Waals surface area (Å²) in [5.41, 5.74) is 1.08. The molecular weight excluding hydrogens is 620 g/mol. The van der Waals surface area contributed by atoms with Crippen LogP contribution in [-0.2, 0) is 31.6 Å². The molecule has 2 saturated heterocycles. The monoisotopic (exact) mass is 657 g/mol. The number of halogens is 2. The van der Waals surface area contributed by atoms with Crippen molar-refractivity contribution in [1.82, 2.24) is 19.4 Å². The van der Waals surface area contributed by atoms with Crippen LogP contribution >= 0.6 is 0 Å². The Bertz CT molecular complexity index is 1750. The standard InChI is InChI=1S/C31H37F2N7O5S/c1-31(2)27-25(17-40(31)46(43,44)23-14-20(32)13-21(33)15-23)28(37-36-27)35-30(42)24-7-6-22(39-10-8-38(3)9-11-39)16-26(24)34-29(41)19-5-4-12-45-18-19/h6-7,13-16,19H,4-5,8-12,17-18H2,1-3H3,(H,34,41)(H2,35,36,37,42). The summed E-state index contributed by atoms with van der Waals surface area (Å²) in [7, 11) is -2.29. The number of nitrogens with zero attached hydrogens (tertiary/aromatic N) is 4. The second-order valence-corrected chi connectivity index (χ2v) is 14.3. The van der Waals surface area contributed by atoms with Crippen LogP contribution in [0.5, 0.6) is 0 Å². The molecule has 0 saturated carbocycles. The van der Waals surface area contributed by atoms with Crippen molar-refractivity contribution in [2.45, 2.75) is 43.7 Å². The first-order valence-corrected chi connectivity index (χ1v) is 16.6. The van der Waals surface area contributed by atoms with E-state index in [0.717, 1.165) is 54.7 Å². The SMILES string of the molecule is CN1CCN(c2ccc(C(=O)Nc3n[nH]c4c3CN(S(=O)(=O)c3cc(F)cc(F)c3)C4(C)C)c(NC(=O)C3CCCOC3)c2)CC1. The molecule has 3 N–H and O–H groups in total. The van der Waals surface area contributed by atoms with Crippen LogP contribution in [0.4, 0.5) is 26.0 Å². The van der Waals surface area contributed by atoms with Gasteiger partial charge in [0.25, 0.3) is 5.91 Å². The topological polar surface area (TPSA) is 140 Å². The summed E-state index contributed by atoms with van der Waals surface area (Å²) in [6.07, 6.45) is 1.46. The molecule has 2 aromatic carbocycles. The van der Waals surface area contributed by atoms with E-state index >= 15 is 0 Å². The van der Waals surface area contributed by atoms with E-state index in [1.807, 2.05) is 6.07 Å². The number of amides is 2. The maximum atomic E-state index is 13.9. The lowest BCUT2D eigenvalue weighted by Gasteiger charge is -2.34. The smallest absolute Gasteiger partial charge is 0.258 e. The molecular formula is C31H37F2N7O5S. The van der Waals surface area contributed by atoms with Gasteiger partial charge in [0, 0.05) is 56.6 Å². The number of carbonyl (C=O) groups excluding carboxylic acids is 2. The molecule has 1 aromatic heterocycles. The summed E-state index contributed by atoms with van der Waals surface area (Å²) in [4.78, 5) is 30.9. The van der Waals surface area contributed by atoms with Gasteiger partial charge >= 0.3 is 0 Å². The van der Waals surface area contributed by atoms with Gasteiger partial charge in [-0.05, 0) is 64.1 Å². The third kappa shape index (κ3) is 6.11. The molecule has 6 rings (SSSR count). The van der Waals surface area contributed by atoms with E-state index in [1.165, 1.54) is 0 Å². The van der Waals surface area contributed by atoms with Crippen molar-refractivity contribution in [3.8, 4) is 0 Å². The Kier molecular flexibility index (Phi) is 8.61. The minimum Gasteiger partial charge on any atom is -0.381 e. The zero-order chi connectivity index (χ0) is 32.8. The summed E-state index contributed by atoms with van der Waals surface area (Å²) < 4.78 is 61.6. The Balaban J connectivity index is 1.27. The molecule has 0 radical (unpaired) electrons. The number of nitrogens with one attached hydrogen (secondary N) is 3. The van der Waals surface area contributed by atoms with Crippen LogP contribution in [0.15, 0.2) is 41.3 Å². The number of aromatic nitrogens is 2. The molecule has 1 unspecified atom stereocenters. The number of anilines is 3. The van der Waals surface area contributed by atoms with Gasteiger partial charge < -0.3 is 25.2 Å². The minimum atomic E-state index is -4.35. The van der Waals surface area contributed by atoms with E-state index in [-0.39, 0.29) is 29.8 Å². The van der Waals surface area contributed by atoms with Gasteiger partial charge in [0.15, 0.2) is 5.82 Å². The van der Waals surface area contributed by atoms with Crippen LogP contribution in [0.2, 0.25) is 0 Å². The molecule has 2 amide bonds. The molecule has 0 spiro atoms. The number of carbonyl (C=O) groups is 2. The second-order valence-electron chi connectivity index (χ2n) is 12.5. The van der Waals surface area contributed by atoms with Gasteiger partial charge in [-0.15, -0.1) is 0 Å². The van der Waals surface area contributed by atoms with Crippen LogP contribution in [0.25, 0.3) is 0 Å². The van der Waals surface area contributed by atoms with E-state index in [1.54, 1.807) is 26.0 Å². The Hall–Kier alpha value is -3.92. The van der Waals surface area contributed by atoms with Gasteiger partial charge in [0.2, 0.25) is 15.9 Å². The molecule has 15 heteroatoms. The molecule has 3 aromatic rings. The third-order valence-electron chi connectivity index (χ3n) is 8.97. The first kappa shape index (κ1) is 32.0. The highest BCUT2D eigenvalue weighted by atomic mass is 32.2. The fourth-order valence-corrected chi connectivity index (χ4v) is 8.01. The van der Waals surface area contributed by atoms with E-state index in [0.29, 0.717) is 42.6 Å². The third-order valence-corrected chi connectivity index (χ3v) is 11.0. The highest BCUT2D eigenvalue weighted by molar-refractivity contribution is 7.89. The molecule has 4 heterocycles. The molecule has 3 aliphatic heterocycles. The quantitative estimate of drug-likeness (QED) is 0.351. The lowest BCUT2D eigenvalue weighted by molar-refractivity contribution is -0.123. The first-order valence-electron chi connectivity index (χ1n) is 15.2. The van der Waals surface area contributed by atoms with Crippen molar-refractivity contribution in [2.24, 2.45) is 5.92 Å². The molecule has 0 bridgehead atoms. The van der Waals surface area contributed by atoms with E-state index in [4.69, 9.17) is 4.74 Å². The maximum absolute atomic E-state index is 13.9. The van der Waals surface area contributed by atoms with E-state index in [9.17, 15) is 26.8 Å². The number of benzene rings is 2. The largest absolute Gasteiger partial charge is 0.381 e. The van der Waals surface area contributed by atoms with Crippen LogP contribution in [0, 0.1) is 17.6 Å². The summed E-state index contributed by atoms with van der Waals surface area (Å²) >= 11 is 0. The Labute approximate surface area is 266 Å². The molecule has 3 aliphatic rings. The fourth-order valence-electron chi connectivity index (χ4n) is 6.24. The van der Waals surface area contributed by atoms with Gasteiger partial charge in [0.1, 0.15) is 11.6 Å². The summed E-state index contributed by atoms with van der Waals surface area (Å²) in [6.45, 7) is 7.33. The van der Waals surface area contributed by atoms with Gasteiger partial charge in [-0.3, -0.25) is 14.7 Å². The number of sulfonamides is 1. The van der Waals surface area contributed by atoms with E-state index < -0.39 is 38.0 Å². The highest BCUT2D eigenvalue weighted by Crippen LogP contribution is 2.44. The number of ether oxygens (including phenoxy) is 1. The number of fused-ring (bicyclic) bond motifs is 1. The van der Waals surface area contributed by atoms with Crippen LogP contribution in [-0.4, -0.2) is 86.1 Å². The second kappa shape index (κ2) is 12.4. The molecule has 2 fully saturated rings. The minimum absolute atomic E-state index is 0.109. The predicted molar refractivity (Wildman–Crippen MR) is 167 cm³/mol. The number of aromatic amines is 1. The van der Waals surface area contributed by atoms with Gasteiger partial charge in [0.05, 0.1) is 39.9 Å². The summed E-state index contributed by atoms with van der Waals surface area (Å²) in [5.74, 6) is -3.05. The average molecular weight is 658 g/mol. The number of hydrogen-bond donors (Lipinski definition) is 3. The van der Waals surface area contributed by atoms with Crippen molar-refractivity contribution < 1.29 is 31.5 Å². The van der Waals surface area contributed by atoms with Crippen molar-refractivity contribution >= 4 is 39.0 Å². The number of rotatable bonds is 7. The Morgan fingerprint density at radius 1 is 1.04 bits per heavy atom. The summed E-state index contributed by atoms with van der Waals surface area (Å²) in [6, 6.07) is 7.43. The molecule has 1 atom stereocenters. The molecule has 246 valence electrons. The highest BCUT2D eigenvalue weighted by Gasteiger charge is 2.48. The normalized spacial score (nSPS) is 20.4. The van der Waals surface area contributed by atoms with Crippen LogP contribution in [0.3, 0.4) is 0 Å². The molecule has 0 aliphatic carbocycles. The van der Waals surface area contributed by atoms with Crippen molar-refractivity contribution in [2.75, 3.05) is 62.0 Å². The zero-order valence-electron chi connectivity index (χ0n) is 25.9. The predicted octanol–water partition coefficient (Wildman–Crippen LogP) is 3.50. The number of likely N-dealkylation sites (N-methyl/N-ethyl adjacent to an activating group) is 1. The van der Waals surface area contributed by atoms with Gasteiger partial charge in [-0.25, -0.2) is 17.2 Å². The van der Waals surface area contributed by atoms with E-state index in [2.05, 4.69) is 37.7 Å². The van der Waals surface area contributed by atoms with Gasteiger partial charge in [-0.1, -0.05) is 0 Å². The Morgan fingerprint density at radius 3 is 2.43 bits per heavy atom. The molecule has 46 heavy (non-hydrogen) atoms.